The summed E-state index contributed by atoms with van der Waals surface area (Å²) in [7, 11) is 0. The second-order valence-electron chi connectivity index (χ2n) is 9.25. The van der Waals surface area contributed by atoms with E-state index in [1.54, 1.807) is 0 Å². The first kappa shape index (κ1) is 15.7. The quantitative estimate of drug-likeness (QED) is 0.687. The molecule has 0 bridgehead atoms. The summed E-state index contributed by atoms with van der Waals surface area (Å²) < 4.78 is 0. The zero-order valence-corrected chi connectivity index (χ0v) is 14.6. The van der Waals surface area contributed by atoms with Gasteiger partial charge in [-0.2, -0.15) is 0 Å². The molecule has 0 aromatic rings. The highest BCUT2D eigenvalue weighted by atomic mass is 16.3. The van der Waals surface area contributed by atoms with Crippen molar-refractivity contribution in [3.05, 3.63) is 0 Å². The molecular weight excluding hydrogens is 284 g/mol. The van der Waals surface area contributed by atoms with Gasteiger partial charge in [-0.25, -0.2) is 0 Å². The summed E-state index contributed by atoms with van der Waals surface area (Å²) in [5.41, 5.74) is -1.18. The number of ketones is 1. The van der Waals surface area contributed by atoms with Crippen LogP contribution in [0.1, 0.15) is 71.6 Å². The largest absolute Gasteiger partial charge is 0.377 e. The maximum atomic E-state index is 12.9. The van der Waals surface area contributed by atoms with Crippen LogP contribution in [0.2, 0.25) is 0 Å². The van der Waals surface area contributed by atoms with Gasteiger partial charge in [-0.3, -0.25) is 4.79 Å². The van der Waals surface area contributed by atoms with Gasteiger partial charge in [0.15, 0.2) is 0 Å². The summed E-state index contributed by atoms with van der Waals surface area (Å²) >= 11 is 0. The van der Waals surface area contributed by atoms with E-state index in [2.05, 4.69) is 19.8 Å². The van der Waals surface area contributed by atoms with Crippen molar-refractivity contribution in [1.82, 2.24) is 0 Å². The monoisotopic (exact) mass is 314 g/mol. The van der Waals surface area contributed by atoms with Crippen LogP contribution in [0.4, 0.5) is 0 Å². The predicted molar refractivity (Wildman–Crippen MR) is 90.5 cm³/mol. The Labute approximate surface area is 140 Å². The molecule has 4 aliphatic carbocycles. The zero-order chi connectivity index (χ0) is 16.5. The number of aliphatic hydroxyl groups is 1. The summed E-state index contributed by atoms with van der Waals surface area (Å²) in [5.74, 6) is 5.46. The molecule has 23 heavy (non-hydrogen) atoms. The van der Waals surface area contributed by atoms with Crippen LogP contribution in [0.3, 0.4) is 0 Å². The van der Waals surface area contributed by atoms with E-state index in [0.717, 1.165) is 38.5 Å². The molecule has 1 N–H and O–H groups in total. The molecule has 0 aromatic carbocycles. The lowest BCUT2D eigenvalue weighted by Crippen LogP contribution is -2.58. The number of fused-ring (bicyclic) bond motifs is 5. The van der Waals surface area contributed by atoms with Crippen molar-refractivity contribution in [2.45, 2.75) is 77.2 Å². The number of carbonyl (C=O) groups excluding carboxylic acids is 1. The van der Waals surface area contributed by atoms with Gasteiger partial charge in [0.25, 0.3) is 0 Å². The van der Waals surface area contributed by atoms with E-state index in [4.69, 9.17) is 6.42 Å². The van der Waals surface area contributed by atoms with Crippen molar-refractivity contribution >= 4 is 5.78 Å². The molecule has 0 unspecified atom stereocenters. The Kier molecular flexibility index (Phi) is 3.31. The zero-order valence-electron chi connectivity index (χ0n) is 14.6. The molecule has 0 saturated heterocycles. The number of Topliss-reactive ketones (excluding diaryl/α,β-unsaturated/α-hetero) is 1. The molecule has 0 heterocycles. The molecular formula is C21H30O2. The lowest BCUT2D eigenvalue weighted by molar-refractivity contribution is -0.160. The van der Waals surface area contributed by atoms with Crippen LogP contribution in [0.5, 0.6) is 0 Å². The maximum Gasteiger partial charge on any atom is 0.139 e. The van der Waals surface area contributed by atoms with Crippen LogP contribution in [-0.4, -0.2) is 16.5 Å². The summed E-state index contributed by atoms with van der Waals surface area (Å²) in [6.07, 6.45) is 15.1. The molecule has 0 aliphatic heterocycles. The molecule has 0 radical (unpaired) electrons. The molecule has 4 rings (SSSR count). The van der Waals surface area contributed by atoms with Gasteiger partial charge in [0.2, 0.25) is 0 Å². The van der Waals surface area contributed by atoms with E-state index < -0.39 is 5.60 Å². The van der Waals surface area contributed by atoms with E-state index in [-0.39, 0.29) is 10.8 Å². The topological polar surface area (TPSA) is 37.3 Å². The highest BCUT2D eigenvalue weighted by Crippen LogP contribution is 2.67. The minimum absolute atomic E-state index is 0.0979. The Bertz CT molecular complexity index is 575. The molecule has 2 heteroatoms. The Hall–Kier alpha value is -0.810. The molecule has 4 fully saturated rings. The standard InChI is InChI=1S/C21H30O2/c1-4-21(23)13-11-16-15-9-8-14-6-5-7-18(22)20(14,3)17(15)10-12-19(16,21)2/h1,14-17,23H,5-13H2,2-3H3/t14-,15-,16-,17-,19+,20-,21+/m0/s1. The number of terminal acetylenes is 1. The van der Waals surface area contributed by atoms with E-state index in [0.29, 0.717) is 29.5 Å². The fourth-order valence-electron chi connectivity index (χ4n) is 7.34. The van der Waals surface area contributed by atoms with Crippen LogP contribution in [0.25, 0.3) is 0 Å². The Morgan fingerprint density at radius 2 is 1.83 bits per heavy atom. The van der Waals surface area contributed by atoms with Gasteiger partial charge in [0.1, 0.15) is 11.4 Å². The van der Waals surface area contributed by atoms with Gasteiger partial charge in [0.05, 0.1) is 0 Å². The highest BCUT2D eigenvalue weighted by Gasteiger charge is 2.65. The third-order valence-electron chi connectivity index (χ3n) is 8.85. The first-order chi connectivity index (χ1) is 10.9. The summed E-state index contributed by atoms with van der Waals surface area (Å²) in [6.45, 7) is 4.50. The molecule has 4 aliphatic rings. The van der Waals surface area contributed by atoms with Crippen LogP contribution in [0.15, 0.2) is 0 Å². The number of hydrogen-bond donors (Lipinski definition) is 1. The van der Waals surface area contributed by atoms with Crippen LogP contribution in [-0.2, 0) is 4.79 Å². The van der Waals surface area contributed by atoms with Gasteiger partial charge in [-0.05, 0) is 75.0 Å². The van der Waals surface area contributed by atoms with Crippen LogP contribution in [0, 0.1) is 46.8 Å². The smallest absolute Gasteiger partial charge is 0.139 e. The maximum absolute atomic E-state index is 12.9. The average molecular weight is 314 g/mol. The first-order valence-corrected chi connectivity index (χ1v) is 9.60. The Morgan fingerprint density at radius 3 is 2.57 bits per heavy atom. The third-order valence-corrected chi connectivity index (χ3v) is 8.85. The molecule has 7 atom stereocenters. The van der Waals surface area contributed by atoms with Gasteiger partial charge in [-0.15, -0.1) is 6.42 Å². The first-order valence-electron chi connectivity index (χ1n) is 9.60. The third kappa shape index (κ3) is 1.78. The van der Waals surface area contributed by atoms with Crippen LogP contribution < -0.4 is 0 Å². The predicted octanol–water partition coefficient (Wildman–Crippen LogP) is 3.96. The second kappa shape index (κ2) is 4.85. The normalized spacial score (nSPS) is 55.5. The Balaban J connectivity index is 1.70. The van der Waals surface area contributed by atoms with Gasteiger partial charge < -0.3 is 5.11 Å². The van der Waals surface area contributed by atoms with E-state index >= 15 is 0 Å². The summed E-state index contributed by atoms with van der Waals surface area (Å²) in [5, 5.41) is 11.0. The fourth-order valence-corrected chi connectivity index (χ4v) is 7.34. The van der Waals surface area contributed by atoms with E-state index in [1.807, 2.05) is 0 Å². The number of rotatable bonds is 0. The number of carbonyl (C=O) groups is 1. The number of hydrogen-bond acceptors (Lipinski definition) is 2. The van der Waals surface area contributed by atoms with Crippen molar-refractivity contribution in [1.29, 1.82) is 0 Å². The van der Waals surface area contributed by atoms with Gasteiger partial charge in [-0.1, -0.05) is 19.8 Å². The average Bonchev–Trinajstić information content (AvgIpc) is 2.81. The van der Waals surface area contributed by atoms with Crippen LogP contribution >= 0.6 is 0 Å². The van der Waals surface area contributed by atoms with Gasteiger partial charge >= 0.3 is 0 Å². The van der Waals surface area contributed by atoms with Crippen molar-refractivity contribution in [3.63, 3.8) is 0 Å². The van der Waals surface area contributed by atoms with E-state index in [1.165, 1.54) is 19.3 Å². The van der Waals surface area contributed by atoms with Gasteiger partial charge in [0, 0.05) is 17.3 Å². The van der Waals surface area contributed by atoms with Crippen molar-refractivity contribution in [2.24, 2.45) is 34.5 Å². The lowest BCUT2D eigenvalue weighted by Gasteiger charge is -2.59. The van der Waals surface area contributed by atoms with Crippen molar-refractivity contribution in [2.75, 3.05) is 0 Å². The molecule has 0 amide bonds. The summed E-state index contributed by atoms with van der Waals surface area (Å²) in [6, 6.07) is 0. The molecule has 2 nitrogen and oxygen atoms in total. The molecule has 0 aromatic heterocycles. The minimum atomic E-state index is -0.934. The fraction of sp³-hybridized carbons (Fsp3) is 0.857. The lowest BCUT2D eigenvalue weighted by atomic mass is 9.44. The Morgan fingerprint density at radius 1 is 1.09 bits per heavy atom. The molecule has 126 valence electrons. The molecule has 4 saturated carbocycles. The second-order valence-corrected chi connectivity index (χ2v) is 9.25. The van der Waals surface area contributed by atoms with E-state index in [9.17, 15) is 9.90 Å². The minimum Gasteiger partial charge on any atom is -0.377 e. The summed E-state index contributed by atoms with van der Waals surface area (Å²) in [4.78, 5) is 12.9. The molecule has 0 spiro atoms. The SMILES string of the molecule is C#C[C@@]1(O)CC[C@H]2[C@@H]3CC[C@@H]4CCCC(=O)[C@]4(C)[C@H]3CC[C@]21C. The van der Waals surface area contributed by atoms with Crippen molar-refractivity contribution in [3.8, 4) is 12.3 Å². The highest BCUT2D eigenvalue weighted by molar-refractivity contribution is 5.86. The van der Waals surface area contributed by atoms with Crippen molar-refractivity contribution < 1.29 is 9.90 Å².